The number of carbonyl (C=O) groups is 3. The Kier molecular flexibility index (Phi) is 5.79. The molecule has 0 fully saturated rings. The van der Waals surface area contributed by atoms with E-state index in [1.54, 1.807) is 13.8 Å². The Balaban J connectivity index is 1.50. The normalized spacial score (nSPS) is 19.9. The third-order valence-electron chi connectivity index (χ3n) is 7.24. The number of hydrogen-bond donors (Lipinski definition) is 3. The van der Waals surface area contributed by atoms with Gasteiger partial charge in [-0.05, 0) is 51.3 Å². The van der Waals surface area contributed by atoms with E-state index in [9.17, 15) is 24.6 Å². The van der Waals surface area contributed by atoms with Crippen LogP contribution < -0.4 is 10.1 Å². The zero-order valence-electron chi connectivity index (χ0n) is 20.7. The molecule has 2 heterocycles. The molecule has 0 saturated carbocycles. The van der Waals surface area contributed by atoms with Crippen molar-refractivity contribution in [1.29, 1.82) is 0 Å². The number of aromatic nitrogens is 1. The number of hydrogen-bond acceptors (Lipinski definition) is 7. The van der Waals surface area contributed by atoms with Gasteiger partial charge in [-0.15, -0.1) is 0 Å². The summed E-state index contributed by atoms with van der Waals surface area (Å²) in [5.74, 6) is -2.41. The van der Waals surface area contributed by atoms with E-state index in [1.807, 2.05) is 30.5 Å². The van der Waals surface area contributed by atoms with Crippen LogP contribution in [-0.4, -0.2) is 38.7 Å². The van der Waals surface area contributed by atoms with Crippen LogP contribution in [0.25, 0.3) is 10.9 Å². The number of fused-ring (bicyclic) bond motifs is 4. The van der Waals surface area contributed by atoms with Gasteiger partial charge in [0.15, 0.2) is 17.3 Å². The van der Waals surface area contributed by atoms with Crippen LogP contribution in [0.5, 0.6) is 17.2 Å². The number of nitrogens with zero attached hydrogens (tertiary/aromatic N) is 1. The minimum atomic E-state index is -1.53. The van der Waals surface area contributed by atoms with Crippen LogP contribution in [0, 0.1) is 6.92 Å². The van der Waals surface area contributed by atoms with Crippen LogP contribution in [0.2, 0.25) is 0 Å². The first kappa shape index (κ1) is 24.8. The quantitative estimate of drug-likeness (QED) is 0.236. The Labute approximate surface area is 221 Å². The van der Waals surface area contributed by atoms with E-state index >= 15 is 0 Å². The molecule has 0 amide bonds. The number of phenols is 2. The lowest BCUT2D eigenvalue weighted by atomic mass is 9.70. The van der Waals surface area contributed by atoms with Crippen molar-refractivity contribution in [3.63, 3.8) is 0 Å². The molecule has 0 spiro atoms. The molecule has 2 aliphatic rings. The summed E-state index contributed by atoms with van der Waals surface area (Å²) in [7, 11) is 0. The van der Waals surface area contributed by atoms with Gasteiger partial charge >= 0.3 is 0 Å². The minimum Gasteiger partial charge on any atom is -0.507 e. The van der Waals surface area contributed by atoms with Gasteiger partial charge in [0.1, 0.15) is 34.0 Å². The van der Waals surface area contributed by atoms with Crippen molar-refractivity contribution in [2.45, 2.75) is 39.7 Å². The molecule has 37 heavy (non-hydrogen) atoms. The number of carbonyl (C=O) groups excluding carboxylic acids is 3. The molecule has 3 aromatic rings. The van der Waals surface area contributed by atoms with E-state index in [0.717, 1.165) is 15.4 Å². The summed E-state index contributed by atoms with van der Waals surface area (Å²) in [5, 5.41) is 25.7. The summed E-state index contributed by atoms with van der Waals surface area (Å²) in [6.45, 7) is 6.98. The van der Waals surface area contributed by atoms with Crippen molar-refractivity contribution in [3.8, 4) is 17.2 Å². The van der Waals surface area contributed by atoms with Crippen molar-refractivity contribution in [2.75, 3.05) is 6.54 Å². The van der Waals surface area contributed by atoms with E-state index in [-0.39, 0.29) is 39.5 Å². The SMILES string of the molecule is CC(=O)c1c(O)c(C)c(O)c2c1OC1=CC(=O)C(=C(C)NCCn3ccc4ccc(Br)cc43)C(=O)C12C. The molecule has 190 valence electrons. The van der Waals surface area contributed by atoms with Gasteiger partial charge in [0, 0.05) is 46.6 Å². The van der Waals surface area contributed by atoms with Crippen LogP contribution in [0.15, 0.2) is 58.0 Å². The van der Waals surface area contributed by atoms with Gasteiger partial charge < -0.3 is 24.8 Å². The molecular weight excluding hydrogens is 540 g/mol. The molecule has 3 N–H and O–H groups in total. The van der Waals surface area contributed by atoms with E-state index in [4.69, 9.17) is 4.74 Å². The lowest BCUT2D eigenvalue weighted by molar-refractivity contribution is -0.123. The molecule has 0 radical (unpaired) electrons. The number of nitrogens with one attached hydrogen (secondary N) is 1. The fraction of sp³-hybridized carbons (Fsp3) is 0.250. The number of allylic oxidation sites excluding steroid dienone is 4. The molecule has 1 aromatic heterocycles. The van der Waals surface area contributed by atoms with Crippen LogP contribution in [0.3, 0.4) is 0 Å². The molecular formula is C28H25BrN2O6. The van der Waals surface area contributed by atoms with Crippen molar-refractivity contribution in [3.05, 3.63) is 74.7 Å². The molecule has 8 nitrogen and oxygen atoms in total. The second-order valence-electron chi connectivity index (χ2n) is 9.53. The fourth-order valence-electron chi connectivity index (χ4n) is 5.17. The van der Waals surface area contributed by atoms with Gasteiger partial charge in [0.25, 0.3) is 0 Å². The van der Waals surface area contributed by atoms with Gasteiger partial charge in [0.2, 0.25) is 0 Å². The van der Waals surface area contributed by atoms with Crippen molar-refractivity contribution in [1.82, 2.24) is 9.88 Å². The second kappa shape index (κ2) is 8.62. The first-order valence-electron chi connectivity index (χ1n) is 11.7. The number of phenolic OH excluding ortho intramolecular Hbond substituents is 2. The molecule has 2 aromatic carbocycles. The van der Waals surface area contributed by atoms with Crippen molar-refractivity contribution < 1.29 is 29.3 Å². The van der Waals surface area contributed by atoms with E-state index in [2.05, 4.69) is 25.8 Å². The maximum atomic E-state index is 13.9. The zero-order valence-corrected chi connectivity index (χ0v) is 22.3. The highest BCUT2D eigenvalue weighted by molar-refractivity contribution is 9.10. The van der Waals surface area contributed by atoms with Gasteiger partial charge in [-0.25, -0.2) is 0 Å². The summed E-state index contributed by atoms with van der Waals surface area (Å²) in [4.78, 5) is 39.2. The third-order valence-corrected chi connectivity index (χ3v) is 7.73. The lowest BCUT2D eigenvalue weighted by Crippen LogP contribution is -2.41. The summed E-state index contributed by atoms with van der Waals surface area (Å²) in [6, 6.07) is 8.05. The number of aromatic hydroxyl groups is 2. The molecule has 0 bridgehead atoms. The molecule has 1 aliphatic carbocycles. The Morgan fingerprint density at radius 1 is 1.16 bits per heavy atom. The third kappa shape index (κ3) is 3.60. The molecule has 1 unspecified atom stereocenters. The van der Waals surface area contributed by atoms with Crippen LogP contribution in [-0.2, 0) is 21.5 Å². The van der Waals surface area contributed by atoms with E-state index in [0.29, 0.717) is 18.8 Å². The van der Waals surface area contributed by atoms with Gasteiger partial charge in [0.05, 0.1) is 11.1 Å². The molecule has 5 rings (SSSR count). The van der Waals surface area contributed by atoms with E-state index < -0.39 is 28.5 Å². The van der Waals surface area contributed by atoms with Crippen molar-refractivity contribution >= 4 is 44.2 Å². The monoisotopic (exact) mass is 564 g/mol. The van der Waals surface area contributed by atoms with Crippen LogP contribution in [0.4, 0.5) is 0 Å². The van der Waals surface area contributed by atoms with Crippen LogP contribution in [0.1, 0.15) is 42.3 Å². The highest BCUT2D eigenvalue weighted by atomic mass is 79.9. The predicted molar refractivity (Wildman–Crippen MR) is 141 cm³/mol. The standard InChI is InChI=1S/C28H25BrN2O6/c1-13-24(34)22(15(3)32)26-23(25(13)35)28(4)20(37-26)12-19(33)21(27(28)36)14(2)30-8-10-31-9-7-16-5-6-17(29)11-18(16)31/h5-7,9,11-12,30,34-35H,8,10H2,1-4H3. The summed E-state index contributed by atoms with van der Waals surface area (Å²) in [5.41, 5.74) is -0.111. The Morgan fingerprint density at radius 3 is 2.59 bits per heavy atom. The maximum Gasteiger partial charge on any atom is 0.194 e. The number of ether oxygens (including phenoxy) is 1. The first-order chi connectivity index (χ1) is 17.5. The Morgan fingerprint density at radius 2 is 1.89 bits per heavy atom. The summed E-state index contributed by atoms with van der Waals surface area (Å²) >= 11 is 3.50. The van der Waals surface area contributed by atoms with Gasteiger partial charge in [-0.3, -0.25) is 14.4 Å². The number of benzene rings is 2. The second-order valence-corrected chi connectivity index (χ2v) is 10.4. The van der Waals surface area contributed by atoms with Gasteiger partial charge in [-0.2, -0.15) is 0 Å². The Bertz CT molecular complexity index is 1610. The average Bonchev–Trinajstić information content (AvgIpc) is 3.36. The average molecular weight is 565 g/mol. The summed E-state index contributed by atoms with van der Waals surface area (Å²) < 4.78 is 8.85. The Hall–Kier alpha value is -3.85. The van der Waals surface area contributed by atoms with Crippen molar-refractivity contribution in [2.24, 2.45) is 0 Å². The topological polar surface area (TPSA) is 118 Å². The maximum absolute atomic E-state index is 13.9. The molecule has 9 heteroatoms. The van der Waals surface area contributed by atoms with Crippen LogP contribution >= 0.6 is 15.9 Å². The number of rotatable bonds is 5. The zero-order chi connectivity index (χ0) is 26.8. The first-order valence-corrected chi connectivity index (χ1v) is 12.5. The summed E-state index contributed by atoms with van der Waals surface area (Å²) in [6.07, 6.45) is 3.20. The number of Topliss-reactive ketones (excluding diaryl/α,β-unsaturated/α-hetero) is 2. The lowest BCUT2D eigenvalue weighted by Gasteiger charge is -2.29. The predicted octanol–water partition coefficient (Wildman–Crippen LogP) is 4.58. The molecule has 1 atom stereocenters. The highest BCUT2D eigenvalue weighted by Crippen LogP contribution is 2.57. The number of halogens is 1. The van der Waals surface area contributed by atoms with E-state index in [1.165, 1.54) is 19.9 Å². The largest absolute Gasteiger partial charge is 0.507 e. The fourth-order valence-corrected chi connectivity index (χ4v) is 5.52. The minimum absolute atomic E-state index is 0.0150. The molecule has 1 aliphatic heterocycles. The molecule has 0 saturated heterocycles. The highest BCUT2D eigenvalue weighted by Gasteiger charge is 2.56. The number of ketones is 3. The van der Waals surface area contributed by atoms with Gasteiger partial charge in [-0.1, -0.05) is 22.0 Å². The smallest absolute Gasteiger partial charge is 0.194 e.